The molecular weight excluding hydrogens is 200 g/mol. The van der Waals surface area contributed by atoms with E-state index in [1.807, 2.05) is 35.3 Å². The molecule has 0 aliphatic carbocycles. The van der Waals surface area contributed by atoms with Crippen molar-refractivity contribution in [3.05, 3.63) is 30.3 Å². The second kappa shape index (κ2) is 4.64. The third-order valence-corrected chi connectivity index (χ3v) is 2.48. The molecule has 1 aliphatic heterocycles. The summed E-state index contributed by atoms with van der Waals surface area (Å²) < 4.78 is 5.24. The molecule has 1 aromatic rings. The number of nitrogens with zero attached hydrogens (tertiary/aromatic N) is 1. The lowest BCUT2D eigenvalue weighted by Crippen LogP contribution is -2.45. The highest BCUT2D eigenvalue weighted by atomic mass is 35.5. The average molecular weight is 213 g/mol. The van der Waals surface area contributed by atoms with Crippen molar-refractivity contribution >= 4 is 17.3 Å². The molecule has 0 amide bonds. The molecule has 76 valence electrons. The van der Waals surface area contributed by atoms with Crippen molar-refractivity contribution in [3.63, 3.8) is 0 Å². The lowest BCUT2D eigenvalue weighted by Gasteiger charge is -2.32. The van der Waals surface area contributed by atoms with Crippen molar-refractivity contribution < 1.29 is 4.74 Å². The number of alkyl halides is 1. The number of hydrogen-bond acceptors (Lipinski definition) is 3. The molecule has 0 radical (unpaired) electrons. The maximum Gasteiger partial charge on any atom is 0.126 e. The number of nitrogens with one attached hydrogen (secondary N) is 1. The zero-order chi connectivity index (χ0) is 9.80. The zero-order valence-corrected chi connectivity index (χ0v) is 8.57. The summed E-state index contributed by atoms with van der Waals surface area (Å²) in [6, 6.07) is 10.00. The van der Waals surface area contributed by atoms with E-state index in [-0.39, 0.29) is 5.50 Å². The molecule has 1 fully saturated rings. The van der Waals surface area contributed by atoms with Gasteiger partial charge in [-0.3, -0.25) is 0 Å². The maximum absolute atomic E-state index is 6.07. The van der Waals surface area contributed by atoms with Gasteiger partial charge in [-0.2, -0.15) is 0 Å². The Labute approximate surface area is 88.6 Å². The number of benzene rings is 1. The number of morpholine rings is 1. The van der Waals surface area contributed by atoms with Crippen LogP contribution in [0.2, 0.25) is 0 Å². The number of rotatable bonds is 2. The van der Waals surface area contributed by atoms with Gasteiger partial charge in [-0.05, 0) is 12.1 Å². The predicted octanol–water partition coefficient (Wildman–Crippen LogP) is 1.91. The number of anilines is 1. The molecule has 1 N–H and O–H groups in total. The minimum absolute atomic E-state index is 0.0936. The van der Waals surface area contributed by atoms with Gasteiger partial charge in [0, 0.05) is 12.2 Å². The van der Waals surface area contributed by atoms with E-state index < -0.39 is 0 Å². The van der Waals surface area contributed by atoms with Crippen LogP contribution in [0.3, 0.4) is 0 Å². The van der Waals surface area contributed by atoms with Gasteiger partial charge < -0.3 is 10.2 Å². The molecule has 1 atom stereocenters. The van der Waals surface area contributed by atoms with Crippen LogP contribution in [0.15, 0.2) is 30.3 Å². The minimum Gasteiger partial charge on any atom is -0.377 e. The fourth-order valence-corrected chi connectivity index (χ4v) is 1.61. The summed E-state index contributed by atoms with van der Waals surface area (Å²) in [6.07, 6.45) is 0. The Morgan fingerprint density at radius 3 is 2.86 bits per heavy atom. The Hall–Kier alpha value is -0.770. The first kappa shape index (κ1) is 9.77. The first-order valence-electron chi connectivity index (χ1n) is 4.66. The van der Waals surface area contributed by atoms with Gasteiger partial charge >= 0.3 is 0 Å². The van der Waals surface area contributed by atoms with Crippen LogP contribution >= 0.6 is 11.6 Å². The minimum atomic E-state index is -0.0936. The molecule has 2 rings (SSSR count). The number of ether oxygens (including phenoxy) is 1. The van der Waals surface area contributed by atoms with Gasteiger partial charge in [-0.1, -0.05) is 18.2 Å². The van der Waals surface area contributed by atoms with Gasteiger partial charge in [-0.25, -0.2) is 5.01 Å². The van der Waals surface area contributed by atoms with Gasteiger partial charge in [0.15, 0.2) is 0 Å². The monoisotopic (exact) mass is 212 g/mol. The molecule has 4 heteroatoms. The second-order valence-electron chi connectivity index (χ2n) is 3.18. The van der Waals surface area contributed by atoms with E-state index in [9.17, 15) is 0 Å². The molecule has 1 unspecified atom stereocenters. The lowest BCUT2D eigenvalue weighted by atomic mass is 10.3. The third kappa shape index (κ3) is 2.38. The summed E-state index contributed by atoms with van der Waals surface area (Å²) in [6.45, 7) is 2.10. The lowest BCUT2D eigenvalue weighted by molar-refractivity contribution is 0.0344. The first-order valence-corrected chi connectivity index (χ1v) is 5.10. The quantitative estimate of drug-likeness (QED) is 0.599. The summed E-state index contributed by atoms with van der Waals surface area (Å²) in [7, 11) is 0. The van der Waals surface area contributed by atoms with E-state index in [4.69, 9.17) is 16.3 Å². The number of hydrogen-bond donors (Lipinski definition) is 1. The molecule has 3 nitrogen and oxygen atoms in total. The Morgan fingerprint density at radius 1 is 1.36 bits per heavy atom. The van der Waals surface area contributed by atoms with E-state index in [0.717, 1.165) is 18.8 Å². The van der Waals surface area contributed by atoms with Crippen molar-refractivity contribution in [2.24, 2.45) is 0 Å². The fourth-order valence-electron chi connectivity index (χ4n) is 1.38. The van der Waals surface area contributed by atoms with Gasteiger partial charge in [-0.15, -0.1) is 11.6 Å². The van der Waals surface area contributed by atoms with Crippen LogP contribution < -0.4 is 5.43 Å². The standard InChI is InChI=1S/C10H13ClN2O/c11-10-8-14-7-6-13(10)12-9-4-2-1-3-5-9/h1-5,10,12H,6-8H2. The van der Waals surface area contributed by atoms with Crippen molar-refractivity contribution in [1.29, 1.82) is 0 Å². The summed E-state index contributed by atoms with van der Waals surface area (Å²) in [5.74, 6) is 0. The molecule has 1 heterocycles. The average Bonchev–Trinajstić information content (AvgIpc) is 2.23. The molecule has 1 aromatic carbocycles. The molecule has 0 saturated carbocycles. The fraction of sp³-hybridized carbons (Fsp3) is 0.400. The predicted molar refractivity (Wildman–Crippen MR) is 57.2 cm³/mol. The molecule has 0 bridgehead atoms. The van der Waals surface area contributed by atoms with Crippen molar-refractivity contribution in [2.75, 3.05) is 25.2 Å². The van der Waals surface area contributed by atoms with Crippen molar-refractivity contribution in [3.8, 4) is 0 Å². The molecule has 1 saturated heterocycles. The van der Waals surface area contributed by atoms with Crippen LogP contribution in [0.1, 0.15) is 0 Å². The van der Waals surface area contributed by atoms with Crippen LogP contribution in [0, 0.1) is 0 Å². The molecule has 0 aromatic heterocycles. The maximum atomic E-state index is 6.07. The van der Waals surface area contributed by atoms with Crippen molar-refractivity contribution in [1.82, 2.24) is 5.01 Å². The number of hydrazine groups is 1. The first-order chi connectivity index (χ1) is 6.86. The summed E-state index contributed by atoms with van der Waals surface area (Å²) >= 11 is 6.07. The van der Waals surface area contributed by atoms with Crippen LogP contribution in [0.5, 0.6) is 0 Å². The van der Waals surface area contributed by atoms with Gasteiger partial charge in [0.25, 0.3) is 0 Å². The second-order valence-corrected chi connectivity index (χ2v) is 3.68. The van der Waals surface area contributed by atoms with E-state index in [1.54, 1.807) is 0 Å². The summed E-state index contributed by atoms with van der Waals surface area (Å²) in [5, 5.41) is 1.99. The smallest absolute Gasteiger partial charge is 0.126 e. The van der Waals surface area contributed by atoms with Crippen LogP contribution in [0.4, 0.5) is 5.69 Å². The largest absolute Gasteiger partial charge is 0.377 e. The van der Waals surface area contributed by atoms with Crippen LogP contribution in [0.25, 0.3) is 0 Å². The van der Waals surface area contributed by atoms with Gasteiger partial charge in [0.1, 0.15) is 5.50 Å². The van der Waals surface area contributed by atoms with Gasteiger partial charge in [0.05, 0.1) is 13.2 Å². The highest BCUT2D eigenvalue weighted by molar-refractivity contribution is 6.20. The highest BCUT2D eigenvalue weighted by Gasteiger charge is 2.20. The topological polar surface area (TPSA) is 24.5 Å². The normalized spacial score (nSPS) is 23.4. The molecule has 1 aliphatic rings. The summed E-state index contributed by atoms with van der Waals surface area (Å²) in [4.78, 5) is 0. The van der Waals surface area contributed by atoms with Gasteiger partial charge in [0.2, 0.25) is 0 Å². The van der Waals surface area contributed by atoms with E-state index in [0.29, 0.717) is 6.61 Å². The number of para-hydroxylation sites is 1. The van der Waals surface area contributed by atoms with E-state index in [2.05, 4.69) is 5.43 Å². The molecular formula is C10H13ClN2O. The molecule has 0 spiro atoms. The van der Waals surface area contributed by atoms with Crippen LogP contribution in [-0.2, 0) is 4.74 Å². The Bertz CT molecular complexity index is 281. The summed E-state index contributed by atoms with van der Waals surface area (Å²) in [5.41, 5.74) is 4.21. The number of halogens is 1. The van der Waals surface area contributed by atoms with Crippen molar-refractivity contribution in [2.45, 2.75) is 5.50 Å². The Balaban J connectivity index is 1.96. The van der Waals surface area contributed by atoms with E-state index >= 15 is 0 Å². The molecule has 14 heavy (non-hydrogen) atoms. The van der Waals surface area contributed by atoms with E-state index in [1.165, 1.54) is 0 Å². The highest BCUT2D eigenvalue weighted by Crippen LogP contribution is 2.13. The zero-order valence-electron chi connectivity index (χ0n) is 7.82. The SMILES string of the molecule is ClC1COCCN1Nc1ccccc1. The Kier molecular flexibility index (Phi) is 3.24. The third-order valence-electron chi connectivity index (χ3n) is 2.12. The Morgan fingerprint density at radius 2 is 2.14 bits per heavy atom. The van der Waals surface area contributed by atoms with Crippen LogP contribution in [-0.4, -0.2) is 30.3 Å².